The number of phenolic OH excluding ortho intramolecular Hbond substituents is 1. The quantitative estimate of drug-likeness (QED) is 0.484. The van der Waals surface area contributed by atoms with Gasteiger partial charge in [0.05, 0.1) is 5.52 Å². The van der Waals surface area contributed by atoms with Gasteiger partial charge in [-0.1, -0.05) is 30.8 Å². The van der Waals surface area contributed by atoms with Crippen LogP contribution in [0.3, 0.4) is 0 Å². The summed E-state index contributed by atoms with van der Waals surface area (Å²) >= 11 is 3.84. The fraction of sp³-hybridized carbons (Fsp3) is 0.263. The molecule has 1 aromatic heterocycles. The molecule has 0 spiro atoms. The van der Waals surface area contributed by atoms with E-state index in [0.29, 0.717) is 5.75 Å². The maximum atomic E-state index is 10.3. The van der Waals surface area contributed by atoms with Gasteiger partial charge in [0.2, 0.25) is 0 Å². The van der Waals surface area contributed by atoms with Crippen molar-refractivity contribution in [1.29, 1.82) is 0 Å². The first-order valence-corrected chi connectivity index (χ1v) is 9.58. The Balaban J connectivity index is 0.000000376. The lowest BCUT2D eigenvalue weighted by Crippen LogP contribution is -2.19. The Labute approximate surface area is 165 Å². The predicted molar refractivity (Wildman–Crippen MR) is 106 cm³/mol. The van der Waals surface area contributed by atoms with Crippen LogP contribution in [0.5, 0.6) is 5.75 Å². The molecule has 0 amide bonds. The lowest BCUT2D eigenvalue weighted by atomic mass is 10.0. The van der Waals surface area contributed by atoms with Crippen molar-refractivity contribution in [2.75, 3.05) is 6.54 Å². The summed E-state index contributed by atoms with van der Waals surface area (Å²) in [4.78, 5) is 1.21. The molecule has 27 heavy (non-hydrogen) atoms. The van der Waals surface area contributed by atoms with Gasteiger partial charge in [-0.15, -0.1) is 0 Å². The van der Waals surface area contributed by atoms with Gasteiger partial charge in [-0.25, -0.2) is 0 Å². The number of aromatic nitrogens is 1. The zero-order chi connectivity index (χ0) is 19.6. The SMILES string of the molecule is CC1NCCc2cn(Sc3ccccc3)c3ccc(O)c1c23.FC(F)(F)S. The molecule has 3 aromatic rings. The molecule has 1 unspecified atom stereocenters. The molecule has 2 N–H and O–H groups in total. The molecule has 144 valence electrons. The summed E-state index contributed by atoms with van der Waals surface area (Å²) in [5, 5.41) is 15.0. The fourth-order valence-electron chi connectivity index (χ4n) is 3.22. The average molecular weight is 413 g/mol. The van der Waals surface area contributed by atoms with Gasteiger partial charge in [0, 0.05) is 28.1 Å². The predicted octanol–water partition coefficient (Wildman–Crippen LogP) is 5.55. The highest BCUT2D eigenvalue weighted by molar-refractivity contribution is 7.98. The van der Waals surface area contributed by atoms with Gasteiger partial charge in [0.15, 0.2) is 0 Å². The van der Waals surface area contributed by atoms with Gasteiger partial charge in [-0.2, -0.15) is 13.2 Å². The summed E-state index contributed by atoms with van der Waals surface area (Å²) in [6, 6.07) is 14.4. The zero-order valence-corrected chi connectivity index (χ0v) is 16.2. The van der Waals surface area contributed by atoms with Gasteiger partial charge in [0.25, 0.3) is 0 Å². The van der Waals surface area contributed by atoms with Gasteiger partial charge >= 0.3 is 5.51 Å². The van der Waals surface area contributed by atoms with Gasteiger partial charge in [-0.05, 0) is 61.7 Å². The maximum Gasteiger partial charge on any atom is 0.438 e. The molecule has 1 aliphatic heterocycles. The lowest BCUT2D eigenvalue weighted by Gasteiger charge is -2.15. The van der Waals surface area contributed by atoms with Crippen molar-refractivity contribution < 1.29 is 18.3 Å². The van der Waals surface area contributed by atoms with Crippen LogP contribution in [0.2, 0.25) is 0 Å². The molecular formula is C19H19F3N2OS2. The molecule has 4 rings (SSSR count). The van der Waals surface area contributed by atoms with Gasteiger partial charge < -0.3 is 10.4 Å². The van der Waals surface area contributed by atoms with Crippen molar-refractivity contribution in [3.63, 3.8) is 0 Å². The highest BCUT2D eigenvalue weighted by atomic mass is 32.2. The molecule has 0 aliphatic carbocycles. The molecule has 0 radical (unpaired) electrons. The summed E-state index contributed by atoms with van der Waals surface area (Å²) in [6.07, 6.45) is 3.20. The Hall–Kier alpha value is -1.77. The van der Waals surface area contributed by atoms with E-state index in [1.165, 1.54) is 21.4 Å². The third-order valence-electron chi connectivity index (χ3n) is 4.26. The highest BCUT2D eigenvalue weighted by Gasteiger charge is 2.22. The van der Waals surface area contributed by atoms with Crippen LogP contribution >= 0.6 is 24.6 Å². The van der Waals surface area contributed by atoms with Gasteiger partial charge in [-0.3, -0.25) is 3.97 Å². The summed E-state index contributed by atoms with van der Waals surface area (Å²) in [7, 11) is 0. The number of benzene rings is 2. The Morgan fingerprint density at radius 1 is 1.19 bits per heavy atom. The largest absolute Gasteiger partial charge is 0.508 e. The summed E-state index contributed by atoms with van der Waals surface area (Å²) < 4.78 is 32.9. The highest BCUT2D eigenvalue weighted by Crippen LogP contribution is 2.39. The van der Waals surface area contributed by atoms with Crippen LogP contribution in [0, 0.1) is 0 Å². The standard InChI is InChI=1S/C18H18N2OS.CHF3S/c1-12-17-16(21)8-7-15-18(17)13(9-10-19-12)11-20(15)22-14-5-3-2-4-6-14;2-1(3,4)5/h2-8,11-12,19,21H,9-10H2,1H3;5H. The summed E-state index contributed by atoms with van der Waals surface area (Å²) in [5.41, 5.74) is -0.800. The summed E-state index contributed by atoms with van der Waals surface area (Å²) in [6.45, 7) is 3.05. The van der Waals surface area contributed by atoms with Crippen molar-refractivity contribution >= 4 is 35.5 Å². The molecule has 1 aliphatic rings. The van der Waals surface area contributed by atoms with E-state index in [0.717, 1.165) is 18.5 Å². The van der Waals surface area contributed by atoms with Crippen molar-refractivity contribution in [3.8, 4) is 5.75 Å². The first kappa shape index (κ1) is 20.0. The first-order valence-electron chi connectivity index (χ1n) is 8.35. The van der Waals surface area contributed by atoms with Gasteiger partial charge in [0.1, 0.15) is 5.75 Å². The van der Waals surface area contributed by atoms with E-state index in [2.05, 4.69) is 59.3 Å². The number of thiol groups is 1. The first-order chi connectivity index (χ1) is 12.7. The van der Waals surface area contributed by atoms with Crippen molar-refractivity contribution in [2.24, 2.45) is 0 Å². The molecule has 0 bridgehead atoms. The second-order valence-corrected chi connectivity index (χ2v) is 7.73. The third kappa shape index (κ3) is 4.94. The number of nitrogens with one attached hydrogen (secondary N) is 1. The number of hydrogen-bond donors (Lipinski definition) is 3. The molecule has 3 nitrogen and oxygen atoms in total. The molecular weight excluding hydrogens is 393 g/mol. The maximum absolute atomic E-state index is 10.3. The topological polar surface area (TPSA) is 37.2 Å². The Morgan fingerprint density at radius 3 is 2.52 bits per heavy atom. The van der Waals surface area contributed by atoms with E-state index in [1.54, 1.807) is 11.9 Å². The van der Waals surface area contributed by atoms with Crippen LogP contribution in [-0.4, -0.2) is 21.1 Å². The number of rotatable bonds is 2. The van der Waals surface area contributed by atoms with Crippen molar-refractivity contribution in [1.82, 2.24) is 9.29 Å². The smallest absolute Gasteiger partial charge is 0.438 e. The monoisotopic (exact) mass is 412 g/mol. The molecule has 0 saturated heterocycles. The number of aromatic hydroxyl groups is 1. The molecule has 0 fully saturated rings. The van der Waals surface area contributed by atoms with Crippen LogP contribution in [0.4, 0.5) is 13.2 Å². The summed E-state index contributed by atoms with van der Waals surface area (Å²) in [5.74, 6) is 0.387. The van der Waals surface area contributed by atoms with Crippen LogP contribution in [0.25, 0.3) is 10.9 Å². The number of nitrogens with zero attached hydrogens (tertiary/aromatic N) is 1. The van der Waals surface area contributed by atoms with Crippen molar-refractivity contribution in [2.45, 2.75) is 29.8 Å². The van der Waals surface area contributed by atoms with E-state index in [1.807, 2.05) is 18.2 Å². The number of alkyl halides is 3. The van der Waals surface area contributed by atoms with E-state index in [9.17, 15) is 18.3 Å². The van der Waals surface area contributed by atoms with E-state index >= 15 is 0 Å². The van der Waals surface area contributed by atoms with E-state index < -0.39 is 5.51 Å². The average Bonchev–Trinajstić information content (AvgIpc) is 2.82. The second kappa shape index (κ2) is 8.08. The molecule has 8 heteroatoms. The lowest BCUT2D eigenvalue weighted by molar-refractivity contribution is -0.0303. The zero-order valence-electron chi connectivity index (χ0n) is 14.5. The minimum atomic E-state index is -4.31. The van der Waals surface area contributed by atoms with Crippen LogP contribution in [0.15, 0.2) is 53.6 Å². The minimum absolute atomic E-state index is 0.169. The third-order valence-corrected chi connectivity index (χ3v) is 5.24. The Morgan fingerprint density at radius 2 is 1.85 bits per heavy atom. The molecule has 2 aromatic carbocycles. The van der Waals surface area contributed by atoms with Crippen LogP contribution in [-0.2, 0) is 6.42 Å². The molecule has 2 heterocycles. The second-order valence-electron chi connectivity index (χ2n) is 6.17. The number of halogens is 3. The number of phenols is 1. The van der Waals surface area contributed by atoms with E-state index in [4.69, 9.17) is 0 Å². The van der Waals surface area contributed by atoms with E-state index in [-0.39, 0.29) is 6.04 Å². The molecule has 0 saturated carbocycles. The minimum Gasteiger partial charge on any atom is -0.508 e. The normalized spacial score (nSPS) is 16.6. The molecule has 1 atom stereocenters. The van der Waals surface area contributed by atoms with Crippen LogP contribution in [0.1, 0.15) is 24.1 Å². The Kier molecular flexibility index (Phi) is 5.98. The fourth-order valence-corrected chi connectivity index (χ4v) is 4.15. The Bertz CT molecular complexity index is 920. The van der Waals surface area contributed by atoms with Crippen molar-refractivity contribution in [3.05, 3.63) is 59.8 Å². The van der Waals surface area contributed by atoms with Crippen LogP contribution < -0.4 is 5.32 Å². The number of hydrogen-bond acceptors (Lipinski definition) is 4.